The van der Waals surface area contributed by atoms with E-state index in [1.54, 1.807) is 0 Å². The third kappa shape index (κ3) is 3.45. The quantitative estimate of drug-likeness (QED) is 0.728. The smallest absolute Gasteiger partial charge is 0.305 e. The van der Waals surface area contributed by atoms with Crippen molar-refractivity contribution in [2.24, 2.45) is 0 Å². The lowest BCUT2D eigenvalue weighted by atomic mass is 9.88. The van der Waals surface area contributed by atoms with Crippen molar-refractivity contribution in [3.63, 3.8) is 0 Å². The summed E-state index contributed by atoms with van der Waals surface area (Å²) in [6.45, 7) is 2.22. The van der Waals surface area contributed by atoms with Gasteiger partial charge in [0.15, 0.2) is 0 Å². The Kier molecular flexibility index (Phi) is 4.22. The van der Waals surface area contributed by atoms with Gasteiger partial charge in [-0.2, -0.15) is 0 Å². The van der Waals surface area contributed by atoms with E-state index in [2.05, 4.69) is 10.6 Å². The first-order valence-electron chi connectivity index (χ1n) is 6.02. The number of hydrogen-bond acceptors (Lipinski definition) is 3. The van der Waals surface area contributed by atoms with Gasteiger partial charge in [-0.1, -0.05) is 23.7 Å². The van der Waals surface area contributed by atoms with Crippen LogP contribution in [0, 0.1) is 0 Å². The predicted molar refractivity (Wildman–Crippen MR) is 71.0 cm³/mol. The van der Waals surface area contributed by atoms with Crippen molar-refractivity contribution in [3.8, 4) is 0 Å². The molecule has 0 unspecified atom stereocenters. The molecule has 3 N–H and O–H groups in total. The molecule has 1 saturated heterocycles. The van der Waals surface area contributed by atoms with Gasteiger partial charge in [-0.3, -0.25) is 4.79 Å². The summed E-state index contributed by atoms with van der Waals surface area (Å²) in [6.07, 6.45) is 1.04. The molecule has 18 heavy (non-hydrogen) atoms. The summed E-state index contributed by atoms with van der Waals surface area (Å²) in [5, 5.41) is 16.1. The lowest BCUT2D eigenvalue weighted by Gasteiger charge is -2.42. The van der Waals surface area contributed by atoms with Crippen LogP contribution in [0.25, 0.3) is 0 Å². The van der Waals surface area contributed by atoms with Crippen molar-refractivity contribution >= 4 is 17.6 Å². The fraction of sp³-hybridized carbons (Fsp3) is 0.462. The van der Waals surface area contributed by atoms with Gasteiger partial charge in [-0.15, -0.1) is 0 Å². The largest absolute Gasteiger partial charge is 0.481 e. The van der Waals surface area contributed by atoms with Crippen LogP contribution in [0.1, 0.15) is 12.0 Å². The molecule has 0 aromatic heterocycles. The molecule has 1 heterocycles. The number of rotatable bonds is 6. The maximum atomic E-state index is 10.8. The second-order valence-electron chi connectivity index (χ2n) is 4.76. The van der Waals surface area contributed by atoms with Crippen molar-refractivity contribution < 1.29 is 9.90 Å². The van der Waals surface area contributed by atoms with E-state index < -0.39 is 5.97 Å². The Morgan fingerprint density at radius 1 is 1.39 bits per heavy atom. The zero-order chi connectivity index (χ0) is 13.0. The number of carboxylic acids is 1. The highest BCUT2D eigenvalue weighted by atomic mass is 35.5. The average Bonchev–Trinajstić information content (AvgIpc) is 2.28. The van der Waals surface area contributed by atoms with Gasteiger partial charge in [0.2, 0.25) is 0 Å². The molecule has 1 aromatic carbocycles. The van der Waals surface area contributed by atoms with E-state index in [9.17, 15) is 4.79 Å². The Labute approximate surface area is 111 Å². The summed E-state index contributed by atoms with van der Waals surface area (Å²) in [5.41, 5.74) is 0.933. The van der Waals surface area contributed by atoms with Gasteiger partial charge in [-0.05, 0) is 30.7 Å². The van der Waals surface area contributed by atoms with E-state index in [0.717, 1.165) is 31.1 Å². The highest BCUT2D eigenvalue weighted by Crippen LogP contribution is 2.16. The van der Waals surface area contributed by atoms with Gasteiger partial charge >= 0.3 is 5.97 Å². The summed E-state index contributed by atoms with van der Waals surface area (Å²) < 4.78 is 0. The van der Waals surface area contributed by atoms with Crippen LogP contribution in [0.15, 0.2) is 24.3 Å². The number of halogens is 1. The number of hydrogen-bond donors (Lipinski definition) is 3. The van der Waals surface area contributed by atoms with Crippen LogP contribution < -0.4 is 10.6 Å². The second-order valence-corrected chi connectivity index (χ2v) is 5.19. The normalized spacial score (nSPS) is 17.2. The maximum Gasteiger partial charge on any atom is 0.305 e. The van der Waals surface area contributed by atoms with Crippen LogP contribution in [0.3, 0.4) is 0 Å². The van der Waals surface area contributed by atoms with E-state index >= 15 is 0 Å². The highest BCUT2D eigenvalue weighted by Gasteiger charge is 2.38. The summed E-state index contributed by atoms with van der Waals surface area (Å²) >= 11 is 5.82. The molecule has 4 nitrogen and oxygen atoms in total. The molecule has 1 aliphatic rings. The zero-order valence-corrected chi connectivity index (χ0v) is 10.8. The number of benzene rings is 1. The second kappa shape index (κ2) is 5.69. The van der Waals surface area contributed by atoms with Gasteiger partial charge in [0.25, 0.3) is 0 Å². The topological polar surface area (TPSA) is 61.4 Å². The molecule has 0 atom stereocenters. The first-order chi connectivity index (χ1) is 8.60. The molecule has 0 radical (unpaired) electrons. The van der Waals surface area contributed by atoms with Crippen LogP contribution in [0.5, 0.6) is 0 Å². The fourth-order valence-electron chi connectivity index (χ4n) is 2.15. The first kappa shape index (κ1) is 13.3. The van der Waals surface area contributed by atoms with Gasteiger partial charge in [0, 0.05) is 18.1 Å². The molecular weight excluding hydrogens is 252 g/mol. The third-order valence-electron chi connectivity index (χ3n) is 3.24. The summed E-state index contributed by atoms with van der Waals surface area (Å²) in [5.74, 6) is -0.754. The lowest BCUT2D eigenvalue weighted by Crippen LogP contribution is -2.68. The number of aliphatic carboxylic acids is 1. The van der Waals surface area contributed by atoms with Gasteiger partial charge in [-0.25, -0.2) is 0 Å². The van der Waals surface area contributed by atoms with Crippen molar-refractivity contribution in [2.45, 2.75) is 18.4 Å². The third-order valence-corrected chi connectivity index (χ3v) is 3.50. The molecule has 0 saturated carbocycles. The van der Waals surface area contributed by atoms with E-state index in [1.807, 2.05) is 24.3 Å². The van der Waals surface area contributed by atoms with Crippen molar-refractivity contribution in [1.82, 2.24) is 10.6 Å². The van der Waals surface area contributed by atoms with Crippen LogP contribution in [-0.4, -0.2) is 36.2 Å². The maximum absolute atomic E-state index is 10.8. The molecule has 0 aliphatic carbocycles. The number of carbonyl (C=O) groups is 1. The Balaban J connectivity index is 1.80. The Hall–Kier alpha value is -1.10. The standard InChI is InChI=1S/C13H17ClN2O2/c14-11-3-1-10(2-4-11)5-6-16-13(7-12(17)18)8-15-9-13/h1-4,15-16H,5-9H2,(H,17,18). The van der Waals surface area contributed by atoms with Crippen LogP contribution in [-0.2, 0) is 11.2 Å². The Morgan fingerprint density at radius 2 is 2.06 bits per heavy atom. The number of carboxylic acid groups (broad SMARTS) is 1. The monoisotopic (exact) mass is 268 g/mol. The molecule has 1 aromatic rings. The molecule has 0 amide bonds. The summed E-state index contributed by atoms with van der Waals surface area (Å²) in [7, 11) is 0. The van der Waals surface area contributed by atoms with E-state index in [0.29, 0.717) is 0 Å². The number of nitrogens with one attached hydrogen (secondary N) is 2. The van der Waals surface area contributed by atoms with Crippen molar-refractivity contribution in [2.75, 3.05) is 19.6 Å². The minimum absolute atomic E-state index is 0.167. The molecule has 0 bridgehead atoms. The molecule has 1 fully saturated rings. The zero-order valence-electron chi connectivity index (χ0n) is 10.1. The van der Waals surface area contributed by atoms with Gasteiger partial charge < -0.3 is 15.7 Å². The molecule has 2 rings (SSSR count). The van der Waals surface area contributed by atoms with Crippen LogP contribution >= 0.6 is 11.6 Å². The van der Waals surface area contributed by atoms with E-state index in [4.69, 9.17) is 16.7 Å². The minimum Gasteiger partial charge on any atom is -0.481 e. The SMILES string of the molecule is O=C(O)CC1(NCCc2ccc(Cl)cc2)CNC1. The molecule has 0 spiro atoms. The Bertz CT molecular complexity index is 416. The van der Waals surface area contributed by atoms with Crippen LogP contribution in [0.4, 0.5) is 0 Å². The van der Waals surface area contributed by atoms with E-state index in [-0.39, 0.29) is 12.0 Å². The molecular formula is C13H17ClN2O2. The summed E-state index contributed by atoms with van der Waals surface area (Å²) in [4.78, 5) is 10.8. The predicted octanol–water partition coefficient (Wildman–Crippen LogP) is 1.29. The molecule has 5 heteroatoms. The van der Waals surface area contributed by atoms with Gasteiger partial charge in [0.05, 0.1) is 12.0 Å². The average molecular weight is 269 g/mol. The fourth-order valence-corrected chi connectivity index (χ4v) is 2.28. The molecule has 98 valence electrons. The molecule has 1 aliphatic heterocycles. The van der Waals surface area contributed by atoms with Crippen molar-refractivity contribution in [3.05, 3.63) is 34.9 Å². The minimum atomic E-state index is -0.754. The lowest BCUT2D eigenvalue weighted by molar-refractivity contribution is -0.139. The van der Waals surface area contributed by atoms with Crippen molar-refractivity contribution in [1.29, 1.82) is 0 Å². The van der Waals surface area contributed by atoms with Crippen LogP contribution in [0.2, 0.25) is 5.02 Å². The highest BCUT2D eigenvalue weighted by molar-refractivity contribution is 6.30. The Morgan fingerprint density at radius 3 is 2.56 bits per heavy atom. The van der Waals surface area contributed by atoms with Gasteiger partial charge in [0.1, 0.15) is 0 Å². The summed E-state index contributed by atoms with van der Waals surface area (Å²) in [6, 6.07) is 7.73. The first-order valence-corrected chi connectivity index (χ1v) is 6.39. The van der Waals surface area contributed by atoms with E-state index in [1.165, 1.54) is 5.56 Å².